The largest absolute Gasteiger partial charge is 0.378 e. The molecule has 6 nitrogen and oxygen atoms in total. The molecule has 1 atom stereocenters. The predicted octanol–water partition coefficient (Wildman–Crippen LogP) is 3.23. The lowest BCUT2D eigenvalue weighted by atomic mass is 9.90. The third kappa shape index (κ3) is 4.97. The molecule has 0 spiro atoms. The normalized spacial score (nSPS) is 23.4. The van der Waals surface area contributed by atoms with Crippen LogP contribution in [0.1, 0.15) is 73.3 Å². The van der Waals surface area contributed by atoms with E-state index < -0.39 is 0 Å². The van der Waals surface area contributed by atoms with Crippen LogP contribution in [0.25, 0.3) is 0 Å². The third-order valence-electron chi connectivity index (χ3n) is 6.77. The van der Waals surface area contributed by atoms with Crippen LogP contribution >= 0.6 is 0 Å². The summed E-state index contributed by atoms with van der Waals surface area (Å²) in [5, 5.41) is 0. The number of amides is 2. The molecule has 2 saturated heterocycles. The second kappa shape index (κ2) is 9.70. The number of aromatic nitrogens is 1. The van der Waals surface area contributed by atoms with Crippen molar-refractivity contribution in [2.24, 2.45) is 5.92 Å². The van der Waals surface area contributed by atoms with Crippen LogP contribution in [-0.4, -0.2) is 66.0 Å². The Morgan fingerprint density at radius 3 is 2.62 bits per heavy atom. The molecule has 1 saturated carbocycles. The molecule has 0 aromatic carbocycles. The van der Waals surface area contributed by atoms with Crippen LogP contribution in [0, 0.1) is 5.92 Å². The maximum absolute atomic E-state index is 13.1. The van der Waals surface area contributed by atoms with Gasteiger partial charge in [0.2, 0.25) is 5.91 Å². The monoisotopic (exact) mass is 399 g/mol. The molecular formula is C23H33N3O3. The van der Waals surface area contributed by atoms with Crippen molar-refractivity contribution in [3.8, 4) is 0 Å². The summed E-state index contributed by atoms with van der Waals surface area (Å²) in [5.41, 5.74) is 1.55. The highest BCUT2D eigenvalue weighted by Crippen LogP contribution is 2.31. The molecule has 2 aliphatic heterocycles. The topological polar surface area (TPSA) is 62.7 Å². The summed E-state index contributed by atoms with van der Waals surface area (Å²) in [5.74, 6) is 1.20. The van der Waals surface area contributed by atoms with E-state index in [4.69, 9.17) is 4.74 Å². The molecule has 0 bridgehead atoms. The zero-order valence-electron chi connectivity index (χ0n) is 17.4. The summed E-state index contributed by atoms with van der Waals surface area (Å²) in [6.07, 6.45) is 10.6. The molecule has 0 unspecified atom stereocenters. The van der Waals surface area contributed by atoms with Crippen molar-refractivity contribution in [1.82, 2.24) is 14.8 Å². The molecule has 1 aromatic rings. The minimum atomic E-state index is 0.0427. The summed E-state index contributed by atoms with van der Waals surface area (Å²) >= 11 is 0. The standard InChI is InChI=1S/C23H33N3O3/c27-21(10-9-18-5-1-2-6-18)26-12-4-7-19(17-26)22-20(8-3-11-24-22)23(28)25-13-15-29-16-14-25/h3,8,11,18-19H,1-2,4-7,9-10,12-17H2/t19-/m1/s1. The van der Waals surface area contributed by atoms with Crippen LogP contribution < -0.4 is 0 Å². The number of carbonyl (C=O) groups is 2. The molecule has 158 valence electrons. The fraction of sp³-hybridized carbons (Fsp3) is 0.696. The molecule has 4 rings (SSSR count). The van der Waals surface area contributed by atoms with Crippen LogP contribution in [0.2, 0.25) is 0 Å². The van der Waals surface area contributed by atoms with Crippen LogP contribution in [0.5, 0.6) is 0 Å². The van der Waals surface area contributed by atoms with Gasteiger partial charge in [-0.2, -0.15) is 0 Å². The third-order valence-corrected chi connectivity index (χ3v) is 6.77. The van der Waals surface area contributed by atoms with Crippen LogP contribution in [0.15, 0.2) is 18.3 Å². The Labute approximate surface area is 173 Å². The van der Waals surface area contributed by atoms with E-state index in [1.54, 1.807) is 6.20 Å². The van der Waals surface area contributed by atoms with E-state index in [0.717, 1.165) is 37.4 Å². The molecule has 3 fully saturated rings. The number of nitrogens with zero attached hydrogens (tertiary/aromatic N) is 3. The Morgan fingerprint density at radius 2 is 1.83 bits per heavy atom. The molecule has 0 radical (unpaired) electrons. The van der Waals surface area contributed by atoms with Gasteiger partial charge < -0.3 is 14.5 Å². The number of hydrogen-bond acceptors (Lipinski definition) is 4. The lowest BCUT2D eigenvalue weighted by Gasteiger charge is -2.34. The molecule has 29 heavy (non-hydrogen) atoms. The number of hydrogen-bond donors (Lipinski definition) is 0. The average Bonchev–Trinajstić information content (AvgIpc) is 3.31. The van der Waals surface area contributed by atoms with Gasteiger partial charge in [0.05, 0.1) is 24.5 Å². The van der Waals surface area contributed by atoms with E-state index in [1.807, 2.05) is 21.9 Å². The lowest BCUT2D eigenvalue weighted by molar-refractivity contribution is -0.132. The number of pyridine rings is 1. The summed E-state index contributed by atoms with van der Waals surface area (Å²) in [6.45, 7) is 3.96. The lowest BCUT2D eigenvalue weighted by Crippen LogP contribution is -2.42. The zero-order chi connectivity index (χ0) is 20.1. The van der Waals surface area contributed by atoms with Crippen molar-refractivity contribution in [3.05, 3.63) is 29.6 Å². The Bertz CT molecular complexity index is 711. The summed E-state index contributed by atoms with van der Waals surface area (Å²) < 4.78 is 5.38. The SMILES string of the molecule is O=C(CCC1CCCC1)N1CCC[C@@H](c2ncccc2C(=O)N2CCOCC2)C1. The van der Waals surface area contributed by atoms with Gasteiger partial charge in [-0.25, -0.2) is 0 Å². The average molecular weight is 400 g/mol. The van der Waals surface area contributed by atoms with Gasteiger partial charge in [-0.1, -0.05) is 25.7 Å². The molecule has 3 heterocycles. The summed E-state index contributed by atoms with van der Waals surface area (Å²) in [6, 6.07) is 3.73. The highest BCUT2D eigenvalue weighted by molar-refractivity contribution is 5.95. The van der Waals surface area contributed by atoms with Gasteiger partial charge in [-0.05, 0) is 37.3 Å². The minimum Gasteiger partial charge on any atom is -0.378 e. The van der Waals surface area contributed by atoms with E-state index in [1.165, 1.54) is 25.7 Å². The van der Waals surface area contributed by atoms with Crippen LogP contribution in [0.3, 0.4) is 0 Å². The molecule has 6 heteroatoms. The van der Waals surface area contributed by atoms with Crippen molar-refractivity contribution in [2.45, 2.75) is 57.3 Å². The fourth-order valence-electron chi connectivity index (χ4n) is 5.07. The van der Waals surface area contributed by atoms with Crippen molar-refractivity contribution < 1.29 is 14.3 Å². The molecule has 3 aliphatic rings. The highest BCUT2D eigenvalue weighted by atomic mass is 16.5. The quantitative estimate of drug-likeness (QED) is 0.763. The molecule has 2 amide bonds. The predicted molar refractivity (Wildman–Crippen MR) is 111 cm³/mol. The van der Waals surface area contributed by atoms with Crippen LogP contribution in [-0.2, 0) is 9.53 Å². The second-order valence-corrected chi connectivity index (χ2v) is 8.71. The maximum Gasteiger partial charge on any atom is 0.255 e. The molecular weight excluding hydrogens is 366 g/mol. The van der Waals surface area contributed by atoms with E-state index in [2.05, 4.69) is 4.98 Å². The first-order chi connectivity index (χ1) is 14.2. The van der Waals surface area contributed by atoms with E-state index in [9.17, 15) is 9.59 Å². The number of piperidine rings is 1. The Balaban J connectivity index is 1.41. The Kier molecular flexibility index (Phi) is 6.80. The Morgan fingerprint density at radius 1 is 1.03 bits per heavy atom. The number of likely N-dealkylation sites (tertiary alicyclic amines) is 1. The van der Waals surface area contributed by atoms with Gasteiger partial charge in [0.1, 0.15) is 0 Å². The smallest absolute Gasteiger partial charge is 0.255 e. The zero-order valence-corrected chi connectivity index (χ0v) is 17.4. The highest BCUT2D eigenvalue weighted by Gasteiger charge is 2.30. The minimum absolute atomic E-state index is 0.0427. The number of morpholine rings is 1. The van der Waals surface area contributed by atoms with E-state index in [-0.39, 0.29) is 17.7 Å². The molecule has 1 aromatic heterocycles. The van der Waals surface area contributed by atoms with E-state index in [0.29, 0.717) is 44.8 Å². The first-order valence-electron chi connectivity index (χ1n) is 11.3. The van der Waals surface area contributed by atoms with Gasteiger partial charge in [0, 0.05) is 44.7 Å². The van der Waals surface area contributed by atoms with Crippen LogP contribution in [0.4, 0.5) is 0 Å². The maximum atomic E-state index is 13.1. The van der Waals surface area contributed by atoms with Gasteiger partial charge >= 0.3 is 0 Å². The van der Waals surface area contributed by atoms with Gasteiger partial charge in [0.15, 0.2) is 0 Å². The van der Waals surface area contributed by atoms with Gasteiger partial charge in [-0.3, -0.25) is 14.6 Å². The van der Waals surface area contributed by atoms with Crippen molar-refractivity contribution >= 4 is 11.8 Å². The molecule has 0 N–H and O–H groups in total. The number of rotatable bonds is 5. The van der Waals surface area contributed by atoms with Crippen molar-refractivity contribution in [2.75, 3.05) is 39.4 Å². The first kappa shape index (κ1) is 20.3. The Hall–Kier alpha value is -1.95. The summed E-state index contributed by atoms with van der Waals surface area (Å²) in [4.78, 5) is 34.4. The second-order valence-electron chi connectivity index (χ2n) is 8.71. The fourth-order valence-corrected chi connectivity index (χ4v) is 5.07. The molecule has 1 aliphatic carbocycles. The van der Waals surface area contributed by atoms with Crippen molar-refractivity contribution in [3.63, 3.8) is 0 Å². The van der Waals surface area contributed by atoms with E-state index >= 15 is 0 Å². The number of ether oxygens (including phenoxy) is 1. The van der Waals surface area contributed by atoms with Crippen molar-refractivity contribution in [1.29, 1.82) is 0 Å². The van der Waals surface area contributed by atoms with Gasteiger partial charge in [-0.15, -0.1) is 0 Å². The number of carbonyl (C=O) groups excluding carboxylic acids is 2. The first-order valence-corrected chi connectivity index (χ1v) is 11.3. The summed E-state index contributed by atoms with van der Waals surface area (Å²) in [7, 11) is 0. The van der Waals surface area contributed by atoms with Gasteiger partial charge in [0.25, 0.3) is 5.91 Å².